The summed E-state index contributed by atoms with van der Waals surface area (Å²) >= 11 is 0. The van der Waals surface area contributed by atoms with E-state index < -0.39 is 0 Å². The molecule has 0 aromatic carbocycles. The third-order valence-electron chi connectivity index (χ3n) is 5.10. The van der Waals surface area contributed by atoms with Gasteiger partial charge in [0.25, 0.3) is 0 Å². The summed E-state index contributed by atoms with van der Waals surface area (Å²) in [6.45, 7) is 6.89. The summed E-state index contributed by atoms with van der Waals surface area (Å²) in [5, 5.41) is 0. The predicted octanol–water partition coefficient (Wildman–Crippen LogP) is 8.85. The zero-order valence-corrected chi connectivity index (χ0v) is 16.8. The van der Waals surface area contributed by atoms with E-state index >= 15 is 0 Å². The van der Waals surface area contributed by atoms with Crippen molar-refractivity contribution >= 4 is 0 Å². The lowest BCUT2D eigenvalue weighted by Crippen LogP contribution is -1.95. The van der Waals surface area contributed by atoms with Gasteiger partial charge < -0.3 is 0 Å². The van der Waals surface area contributed by atoms with Gasteiger partial charge in [-0.1, -0.05) is 122 Å². The molecule has 0 nitrogen and oxygen atoms in total. The third kappa shape index (κ3) is 19.7. The van der Waals surface area contributed by atoms with Crippen LogP contribution in [0.5, 0.6) is 0 Å². The Morgan fingerprint density at radius 1 is 0.609 bits per heavy atom. The molecule has 1 atom stereocenters. The molecule has 138 valence electrons. The minimum absolute atomic E-state index is 0.961. The topological polar surface area (TPSA) is 0 Å². The molecule has 0 saturated carbocycles. The second kappa shape index (κ2) is 19.8. The van der Waals surface area contributed by atoms with Crippen LogP contribution in [0, 0.1) is 5.92 Å². The van der Waals surface area contributed by atoms with Gasteiger partial charge in [0.15, 0.2) is 0 Å². The Bertz CT molecular complexity index is 228. The second-order valence-electron chi connectivity index (χ2n) is 7.64. The lowest BCUT2D eigenvalue weighted by Gasteiger charge is -2.11. The van der Waals surface area contributed by atoms with Crippen molar-refractivity contribution in [2.45, 2.75) is 130 Å². The Labute approximate surface area is 148 Å². The number of rotatable bonds is 18. The summed E-state index contributed by atoms with van der Waals surface area (Å²) < 4.78 is 0. The lowest BCUT2D eigenvalue weighted by molar-refractivity contribution is 0.431. The Morgan fingerprint density at radius 2 is 1.04 bits per heavy atom. The first kappa shape index (κ1) is 22.7. The number of hydrogen-bond donors (Lipinski definition) is 0. The fourth-order valence-electron chi connectivity index (χ4n) is 3.40. The van der Waals surface area contributed by atoms with Gasteiger partial charge in [-0.05, 0) is 25.7 Å². The molecule has 23 heavy (non-hydrogen) atoms. The molecule has 0 rings (SSSR count). The number of allylic oxidation sites excluding steroid dienone is 2. The van der Waals surface area contributed by atoms with E-state index in [1.807, 2.05) is 0 Å². The molecular weight excluding hydrogens is 276 g/mol. The number of hydrogen-bond acceptors (Lipinski definition) is 0. The van der Waals surface area contributed by atoms with E-state index in [4.69, 9.17) is 0 Å². The Kier molecular flexibility index (Phi) is 19.6. The van der Waals surface area contributed by atoms with Crippen LogP contribution in [-0.4, -0.2) is 0 Å². The largest absolute Gasteiger partial charge is 0.0917 e. The molecule has 0 aliphatic rings. The normalized spacial score (nSPS) is 13.0. The quantitative estimate of drug-likeness (QED) is 0.174. The monoisotopic (exact) mass is 322 g/mol. The van der Waals surface area contributed by atoms with E-state index in [9.17, 15) is 0 Å². The summed E-state index contributed by atoms with van der Waals surface area (Å²) in [4.78, 5) is 0. The average Bonchev–Trinajstić information content (AvgIpc) is 2.56. The first-order valence-corrected chi connectivity index (χ1v) is 10.9. The van der Waals surface area contributed by atoms with Crippen LogP contribution in [0.1, 0.15) is 130 Å². The van der Waals surface area contributed by atoms with Crippen molar-refractivity contribution < 1.29 is 0 Å². The molecule has 0 amide bonds. The zero-order chi connectivity index (χ0) is 17.0. The minimum Gasteiger partial charge on any atom is -0.0917 e. The summed E-state index contributed by atoms with van der Waals surface area (Å²) in [5.41, 5.74) is 0. The number of unbranched alkanes of at least 4 members (excludes halogenated alkanes) is 13. The van der Waals surface area contributed by atoms with Crippen LogP contribution < -0.4 is 0 Å². The molecule has 0 aromatic rings. The molecule has 0 bridgehead atoms. The van der Waals surface area contributed by atoms with E-state index in [0.717, 1.165) is 5.92 Å². The van der Waals surface area contributed by atoms with Gasteiger partial charge in [0.2, 0.25) is 0 Å². The Morgan fingerprint density at radius 3 is 1.52 bits per heavy atom. The first-order valence-electron chi connectivity index (χ1n) is 10.9. The van der Waals surface area contributed by atoms with Crippen LogP contribution in [0.15, 0.2) is 12.2 Å². The van der Waals surface area contributed by atoms with Crippen molar-refractivity contribution in [3.8, 4) is 0 Å². The Balaban J connectivity index is 3.14. The third-order valence-corrected chi connectivity index (χ3v) is 5.10. The minimum atomic E-state index is 0.961. The highest BCUT2D eigenvalue weighted by atomic mass is 14.1. The fraction of sp³-hybridized carbons (Fsp3) is 0.913. The summed E-state index contributed by atoms with van der Waals surface area (Å²) in [6.07, 6.45) is 29.0. The maximum atomic E-state index is 2.47. The molecule has 0 heterocycles. The molecule has 0 heteroatoms. The summed E-state index contributed by atoms with van der Waals surface area (Å²) in [5.74, 6) is 0.961. The molecule has 0 aliphatic carbocycles. The highest BCUT2D eigenvalue weighted by molar-refractivity contribution is 4.76. The van der Waals surface area contributed by atoms with Gasteiger partial charge in [0, 0.05) is 0 Å². The highest BCUT2D eigenvalue weighted by Crippen LogP contribution is 2.18. The summed E-state index contributed by atoms with van der Waals surface area (Å²) in [7, 11) is 0. The molecule has 0 aromatic heterocycles. The van der Waals surface area contributed by atoms with E-state index in [1.165, 1.54) is 109 Å². The summed E-state index contributed by atoms with van der Waals surface area (Å²) in [6, 6.07) is 0. The van der Waals surface area contributed by atoms with Gasteiger partial charge in [-0.15, -0.1) is 0 Å². The second-order valence-corrected chi connectivity index (χ2v) is 7.64. The SMILES string of the molecule is C/C=C/CCCCCCCC(C)CCCCCCCCCCC. The van der Waals surface area contributed by atoms with Gasteiger partial charge in [-0.3, -0.25) is 0 Å². The van der Waals surface area contributed by atoms with E-state index in [1.54, 1.807) is 0 Å². The molecule has 0 saturated heterocycles. The van der Waals surface area contributed by atoms with Crippen molar-refractivity contribution in [1.82, 2.24) is 0 Å². The van der Waals surface area contributed by atoms with Crippen LogP contribution in [0.2, 0.25) is 0 Å². The van der Waals surface area contributed by atoms with Gasteiger partial charge in [-0.2, -0.15) is 0 Å². The lowest BCUT2D eigenvalue weighted by atomic mass is 9.96. The van der Waals surface area contributed by atoms with Crippen LogP contribution in [0.25, 0.3) is 0 Å². The molecule has 0 N–H and O–H groups in total. The van der Waals surface area contributed by atoms with Crippen molar-refractivity contribution in [3.05, 3.63) is 12.2 Å². The van der Waals surface area contributed by atoms with Crippen LogP contribution in [0.3, 0.4) is 0 Å². The predicted molar refractivity (Wildman–Crippen MR) is 108 cm³/mol. The van der Waals surface area contributed by atoms with Gasteiger partial charge in [0.05, 0.1) is 0 Å². The fourth-order valence-corrected chi connectivity index (χ4v) is 3.40. The van der Waals surface area contributed by atoms with Crippen molar-refractivity contribution in [1.29, 1.82) is 0 Å². The van der Waals surface area contributed by atoms with Gasteiger partial charge in [-0.25, -0.2) is 0 Å². The van der Waals surface area contributed by atoms with Crippen molar-refractivity contribution in [2.75, 3.05) is 0 Å². The standard InChI is InChI=1S/C23H46/c1-4-6-8-10-12-14-16-18-20-22-23(3)21-19-17-15-13-11-9-7-5-2/h5,7,23H,4,6,8-22H2,1-3H3/b7-5+. The van der Waals surface area contributed by atoms with Crippen molar-refractivity contribution in [3.63, 3.8) is 0 Å². The maximum Gasteiger partial charge on any atom is -0.0351 e. The molecule has 0 radical (unpaired) electrons. The maximum absolute atomic E-state index is 2.47. The molecule has 0 fully saturated rings. The van der Waals surface area contributed by atoms with Gasteiger partial charge in [0.1, 0.15) is 0 Å². The van der Waals surface area contributed by atoms with E-state index in [-0.39, 0.29) is 0 Å². The average molecular weight is 323 g/mol. The molecule has 0 aliphatic heterocycles. The smallest absolute Gasteiger partial charge is 0.0351 e. The molecule has 0 spiro atoms. The van der Waals surface area contributed by atoms with Crippen LogP contribution in [0.4, 0.5) is 0 Å². The van der Waals surface area contributed by atoms with Crippen LogP contribution in [-0.2, 0) is 0 Å². The first-order chi connectivity index (χ1) is 11.3. The van der Waals surface area contributed by atoms with E-state index in [0.29, 0.717) is 0 Å². The van der Waals surface area contributed by atoms with Gasteiger partial charge >= 0.3 is 0 Å². The van der Waals surface area contributed by atoms with Crippen LogP contribution >= 0.6 is 0 Å². The highest BCUT2D eigenvalue weighted by Gasteiger charge is 2.02. The molecule has 1 unspecified atom stereocenters. The Hall–Kier alpha value is -0.260. The zero-order valence-electron chi connectivity index (χ0n) is 16.8. The molecular formula is C23H46. The van der Waals surface area contributed by atoms with Crippen molar-refractivity contribution in [2.24, 2.45) is 5.92 Å². The van der Waals surface area contributed by atoms with E-state index in [2.05, 4.69) is 32.9 Å².